The second kappa shape index (κ2) is 9.80. The van der Waals surface area contributed by atoms with Crippen molar-refractivity contribution >= 4 is 35.1 Å². The summed E-state index contributed by atoms with van der Waals surface area (Å²) in [7, 11) is 0. The first-order chi connectivity index (χ1) is 15.1. The molecule has 0 saturated carbocycles. The molecular formula is C23H19FN4OS2. The van der Waals surface area contributed by atoms with E-state index in [2.05, 4.69) is 15.5 Å². The summed E-state index contributed by atoms with van der Waals surface area (Å²) in [5, 5.41) is 12.1. The van der Waals surface area contributed by atoms with E-state index in [9.17, 15) is 9.18 Å². The van der Waals surface area contributed by atoms with Crippen molar-refractivity contribution in [2.24, 2.45) is 0 Å². The van der Waals surface area contributed by atoms with E-state index >= 15 is 0 Å². The third kappa shape index (κ3) is 5.15. The van der Waals surface area contributed by atoms with Gasteiger partial charge in [0.05, 0.1) is 5.75 Å². The Hall–Kier alpha value is -3.10. The van der Waals surface area contributed by atoms with Crippen LogP contribution in [0.25, 0.3) is 17.1 Å². The molecule has 156 valence electrons. The lowest BCUT2D eigenvalue weighted by atomic mass is 10.2. The third-order valence-electron chi connectivity index (χ3n) is 4.46. The first kappa shape index (κ1) is 21.1. The number of rotatable bonds is 7. The number of aromatic nitrogens is 3. The highest BCUT2D eigenvalue weighted by Gasteiger charge is 2.17. The number of amides is 1. The lowest BCUT2D eigenvalue weighted by molar-refractivity contribution is -0.113. The summed E-state index contributed by atoms with van der Waals surface area (Å²) >= 11 is 2.94. The summed E-state index contributed by atoms with van der Waals surface area (Å²) in [6.07, 6.45) is 2.01. The van der Waals surface area contributed by atoms with Gasteiger partial charge in [-0.25, -0.2) is 4.39 Å². The number of anilines is 1. The Kier molecular flexibility index (Phi) is 6.69. The van der Waals surface area contributed by atoms with Gasteiger partial charge in [0, 0.05) is 21.8 Å². The molecule has 0 aliphatic heterocycles. The number of benzene rings is 3. The summed E-state index contributed by atoms with van der Waals surface area (Å²) < 4.78 is 15.2. The molecule has 5 nitrogen and oxygen atoms in total. The summed E-state index contributed by atoms with van der Waals surface area (Å²) in [4.78, 5) is 13.6. The smallest absolute Gasteiger partial charge is 0.234 e. The van der Waals surface area contributed by atoms with Gasteiger partial charge in [0.15, 0.2) is 11.0 Å². The van der Waals surface area contributed by atoms with Crippen LogP contribution in [0.4, 0.5) is 10.1 Å². The standard InChI is InChI=1S/C23H19FN4OS2/c1-30-20-13-11-18(12-14-20)25-21(29)15-31-23-27-26-22(16-7-9-17(24)10-8-16)28(23)19-5-3-2-4-6-19/h2-14H,15H2,1H3,(H,25,29). The predicted octanol–water partition coefficient (Wildman–Crippen LogP) is 5.53. The van der Waals surface area contributed by atoms with Crippen molar-refractivity contribution in [2.45, 2.75) is 10.1 Å². The summed E-state index contributed by atoms with van der Waals surface area (Å²) in [5.74, 6) is 0.319. The van der Waals surface area contributed by atoms with Gasteiger partial charge in [0.2, 0.25) is 5.91 Å². The van der Waals surface area contributed by atoms with Gasteiger partial charge in [-0.1, -0.05) is 30.0 Å². The molecule has 0 saturated heterocycles. The summed E-state index contributed by atoms with van der Waals surface area (Å²) in [6.45, 7) is 0. The molecule has 31 heavy (non-hydrogen) atoms. The zero-order valence-corrected chi connectivity index (χ0v) is 18.3. The van der Waals surface area contributed by atoms with E-state index in [0.717, 1.165) is 21.8 Å². The third-order valence-corrected chi connectivity index (χ3v) is 6.13. The average molecular weight is 451 g/mol. The van der Waals surface area contributed by atoms with Gasteiger partial charge >= 0.3 is 0 Å². The molecule has 0 atom stereocenters. The number of carbonyl (C=O) groups excluding carboxylic acids is 1. The van der Waals surface area contributed by atoms with E-state index in [1.54, 1.807) is 23.9 Å². The molecule has 8 heteroatoms. The van der Waals surface area contributed by atoms with Crippen LogP contribution in [0.2, 0.25) is 0 Å². The average Bonchev–Trinajstić information content (AvgIpc) is 3.23. The second-order valence-electron chi connectivity index (χ2n) is 6.55. The Morgan fingerprint density at radius 3 is 2.35 bits per heavy atom. The molecule has 1 N–H and O–H groups in total. The number of halogens is 1. The van der Waals surface area contributed by atoms with Crippen molar-refractivity contribution in [3.8, 4) is 17.1 Å². The quantitative estimate of drug-likeness (QED) is 0.375. The lowest BCUT2D eigenvalue weighted by Gasteiger charge is -2.10. The number of carbonyl (C=O) groups is 1. The van der Waals surface area contributed by atoms with Gasteiger partial charge in [-0.3, -0.25) is 9.36 Å². The van der Waals surface area contributed by atoms with Gasteiger partial charge in [0.25, 0.3) is 0 Å². The van der Waals surface area contributed by atoms with Gasteiger partial charge < -0.3 is 5.32 Å². The minimum Gasteiger partial charge on any atom is -0.325 e. The van der Waals surface area contributed by atoms with Crippen LogP contribution in [-0.4, -0.2) is 32.7 Å². The number of thioether (sulfide) groups is 2. The molecule has 3 aromatic carbocycles. The SMILES string of the molecule is CSc1ccc(NC(=O)CSc2nnc(-c3ccc(F)cc3)n2-c2ccccc2)cc1. The lowest BCUT2D eigenvalue weighted by Crippen LogP contribution is -2.14. The van der Waals surface area contributed by atoms with Gasteiger partial charge in [-0.05, 0) is 66.9 Å². The Morgan fingerprint density at radius 2 is 1.68 bits per heavy atom. The van der Waals surface area contributed by atoms with Crippen LogP contribution >= 0.6 is 23.5 Å². The first-order valence-electron chi connectivity index (χ1n) is 9.47. The van der Waals surface area contributed by atoms with Crippen molar-refractivity contribution in [1.29, 1.82) is 0 Å². The largest absolute Gasteiger partial charge is 0.325 e. The zero-order valence-electron chi connectivity index (χ0n) is 16.7. The molecule has 0 unspecified atom stereocenters. The molecule has 0 spiro atoms. The normalized spacial score (nSPS) is 10.8. The van der Waals surface area contributed by atoms with Crippen LogP contribution in [0, 0.1) is 5.82 Å². The van der Waals surface area contributed by atoms with E-state index in [-0.39, 0.29) is 17.5 Å². The maximum absolute atomic E-state index is 13.4. The van der Waals surface area contributed by atoms with E-state index in [1.165, 1.54) is 23.9 Å². The fourth-order valence-corrected chi connectivity index (χ4v) is 4.12. The number of nitrogens with one attached hydrogen (secondary N) is 1. The monoisotopic (exact) mass is 450 g/mol. The van der Waals surface area contributed by atoms with E-state index in [0.29, 0.717) is 11.0 Å². The molecule has 1 heterocycles. The van der Waals surface area contributed by atoms with Crippen LogP contribution in [0.15, 0.2) is 88.9 Å². The Morgan fingerprint density at radius 1 is 0.968 bits per heavy atom. The molecule has 4 aromatic rings. The topological polar surface area (TPSA) is 59.8 Å². The van der Waals surface area contributed by atoms with Gasteiger partial charge in [-0.2, -0.15) is 0 Å². The summed E-state index contributed by atoms with van der Waals surface area (Å²) in [6, 6.07) is 23.5. The fourth-order valence-electron chi connectivity index (χ4n) is 2.96. The van der Waals surface area contributed by atoms with Gasteiger partial charge in [-0.15, -0.1) is 22.0 Å². The maximum Gasteiger partial charge on any atom is 0.234 e. The van der Waals surface area contributed by atoms with E-state index < -0.39 is 0 Å². The molecule has 4 rings (SSSR count). The highest BCUT2D eigenvalue weighted by molar-refractivity contribution is 7.99. The van der Waals surface area contributed by atoms with E-state index in [1.807, 2.05) is 65.4 Å². The number of hydrogen-bond donors (Lipinski definition) is 1. The van der Waals surface area contributed by atoms with Crippen LogP contribution < -0.4 is 5.32 Å². The number of nitrogens with zero attached hydrogens (tertiary/aromatic N) is 3. The van der Waals surface area contributed by atoms with E-state index in [4.69, 9.17) is 0 Å². The van der Waals surface area contributed by atoms with Crippen molar-refractivity contribution in [3.05, 3.63) is 84.7 Å². The Bertz CT molecular complexity index is 1160. The second-order valence-corrected chi connectivity index (χ2v) is 8.37. The summed E-state index contributed by atoms with van der Waals surface area (Å²) in [5.41, 5.74) is 2.35. The predicted molar refractivity (Wildman–Crippen MR) is 124 cm³/mol. The maximum atomic E-state index is 13.4. The van der Waals surface area contributed by atoms with Crippen molar-refractivity contribution in [2.75, 3.05) is 17.3 Å². The molecule has 0 radical (unpaired) electrons. The highest BCUT2D eigenvalue weighted by atomic mass is 32.2. The zero-order chi connectivity index (χ0) is 21.6. The minimum atomic E-state index is -0.314. The molecule has 0 fully saturated rings. The van der Waals surface area contributed by atoms with Gasteiger partial charge in [0.1, 0.15) is 5.82 Å². The Balaban J connectivity index is 1.55. The molecule has 0 bridgehead atoms. The molecule has 0 aliphatic rings. The minimum absolute atomic E-state index is 0.132. The fraction of sp³-hybridized carbons (Fsp3) is 0.0870. The molecular weight excluding hydrogens is 431 g/mol. The van der Waals surface area contributed by atoms with Crippen molar-refractivity contribution < 1.29 is 9.18 Å². The first-order valence-corrected chi connectivity index (χ1v) is 11.7. The van der Waals surface area contributed by atoms with Crippen LogP contribution in [0.5, 0.6) is 0 Å². The number of para-hydroxylation sites is 1. The van der Waals surface area contributed by atoms with Crippen molar-refractivity contribution in [3.63, 3.8) is 0 Å². The molecule has 0 aliphatic carbocycles. The van der Waals surface area contributed by atoms with Crippen LogP contribution in [-0.2, 0) is 4.79 Å². The van der Waals surface area contributed by atoms with Crippen LogP contribution in [0.1, 0.15) is 0 Å². The van der Waals surface area contributed by atoms with Crippen LogP contribution in [0.3, 0.4) is 0 Å². The molecule has 1 aromatic heterocycles. The molecule has 1 amide bonds. The Labute approximate surface area is 188 Å². The van der Waals surface area contributed by atoms with Crippen molar-refractivity contribution in [1.82, 2.24) is 14.8 Å². The highest BCUT2D eigenvalue weighted by Crippen LogP contribution is 2.28. The number of hydrogen-bond acceptors (Lipinski definition) is 5.